The first kappa shape index (κ1) is 24.4. The molecule has 0 bridgehead atoms. The van der Waals surface area contributed by atoms with E-state index in [9.17, 15) is 19.2 Å². The monoisotopic (exact) mass is 441 g/mol. The fourth-order valence-electron chi connectivity index (χ4n) is 2.56. The summed E-state index contributed by atoms with van der Waals surface area (Å²) in [5, 5.41) is 2.35. The van der Waals surface area contributed by atoms with Gasteiger partial charge in [0, 0.05) is 6.42 Å². The van der Waals surface area contributed by atoms with Crippen LogP contribution in [0.15, 0.2) is 60.7 Å². The molecule has 3 N–H and O–H groups in total. The molecular formula is C23H27N3O6. The standard InChI is InChI=1S/C23H27N3O6/c1-23(2,3)32-21(29)20(28)24-18(14-16-10-6-4-7-11-16)19(27)25-26-22(30)31-15-17-12-8-5-9-13-17/h4-13,18H,14-15H2,1-3H3,(H,24,28)(H,25,27)(H,26,30)/t18-/m0/s1. The van der Waals surface area contributed by atoms with Crippen LogP contribution >= 0.6 is 0 Å². The van der Waals surface area contributed by atoms with E-state index in [1.807, 2.05) is 12.1 Å². The van der Waals surface area contributed by atoms with Crippen molar-refractivity contribution in [1.29, 1.82) is 0 Å². The van der Waals surface area contributed by atoms with Crippen LogP contribution in [0.25, 0.3) is 0 Å². The maximum Gasteiger partial charge on any atom is 0.426 e. The van der Waals surface area contributed by atoms with Gasteiger partial charge in [-0.05, 0) is 31.9 Å². The highest BCUT2D eigenvalue weighted by Crippen LogP contribution is 2.08. The van der Waals surface area contributed by atoms with Crippen molar-refractivity contribution >= 4 is 23.9 Å². The average Bonchev–Trinajstić information content (AvgIpc) is 2.75. The molecule has 3 amide bonds. The number of rotatable bonds is 6. The van der Waals surface area contributed by atoms with Crippen molar-refractivity contribution in [1.82, 2.24) is 16.2 Å². The van der Waals surface area contributed by atoms with E-state index in [1.165, 1.54) is 0 Å². The summed E-state index contributed by atoms with van der Waals surface area (Å²) in [7, 11) is 0. The van der Waals surface area contributed by atoms with Crippen molar-refractivity contribution in [3.8, 4) is 0 Å². The first-order chi connectivity index (χ1) is 15.1. The van der Waals surface area contributed by atoms with Crippen LogP contribution < -0.4 is 16.2 Å². The SMILES string of the molecule is CC(C)(C)OC(=O)C(=O)N[C@@H](Cc1ccccc1)C(=O)NNC(=O)OCc1ccccc1. The van der Waals surface area contributed by atoms with Gasteiger partial charge >= 0.3 is 18.0 Å². The highest BCUT2D eigenvalue weighted by atomic mass is 16.6. The molecule has 0 spiro atoms. The summed E-state index contributed by atoms with van der Waals surface area (Å²) in [6, 6.07) is 16.8. The Labute approximate surface area is 186 Å². The highest BCUT2D eigenvalue weighted by molar-refractivity contribution is 6.33. The fraction of sp³-hybridized carbons (Fsp3) is 0.304. The highest BCUT2D eigenvalue weighted by Gasteiger charge is 2.28. The number of carbonyl (C=O) groups excluding carboxylic acids is 4. The molecule has 0 aliphatic rings. The van der Waals surface area contributed by atoms with Gasteiger partial charge in [0.1, 0.15) is 18.2 Å². The second-order valence-corrected chi connectivity index (χ2v) is 7.89. The van der Waals surface area contributed by atoms with Crippen molar-refractivity contribution in [2.45, 2.75) is 45.4 Å². The number of ether oxygens (including phenoxy) is 2. The molecule has 9 nitrogen and oxygen atoms in total. The van der Waals surface area contributed by atoms with E-state index in [2.05, 4.69) is 16.2 Å². The van der Waals surface area contributed by atoms with Gasteiger partial charge in [-0.25, -0.2) is 15.0 Å². The molecule has 0 heterocycles. The van der Waals surface area contributed by atoms with Crippen molar-refractivity contribution in [2.75, 3.05) is 0 Å². The molecule has 0 aromatic heterocycles. The first-order valence-corrected chi connectivity index (χ1v) is 9.98. The van der Waals surface area contributed by atoms with Crippen LogP contribution in [0.3, 0.4) is 0 Å². The molecule has 0 saturated heterocycles. The van der Waals surface area contributed by atoms with Gasteiger partial charge in [-0.3, -0.25) is 15.0 Å². The minimum atomic E-state index is -1.15. The van der Waals surface area contributed by atoms with Crippen LogP contribution in [0.2, 0.25) is 0 Å². The predicted molar refractivity (Wildman–Crippen MR) is 116 cm³/mol. The lowest BCUT2D eigenvalue weighted by atomic mass is 10.1. The van der Waals surface area contributed by atoms with Crippen LogP contribution in [0.4, 0.5) is 4.79 Å². The van der Waals surface area contributed by atoms with E-state index in [-0.39, 0.29) is 13.0 Å². The third-order valence-corrected chi connectivity index (χ3v) is 3.99. The Balaban J connectivity index is 1.96. The maximum absolute atomic E-state index is 12.6. The summed E-state index contributed by atoms with van der Waals surface area (Å²) in [5.41, 5.74) is 4.99. The Bertz CT molecular complexity index is 926. The Hall–Kier alpha value is -3.88. The summed E-state index contributed by atoms with van der Waals surface area (Å²) in [6.45, 7) is 4.89. The van der Waals surface area contributed by atoms with Crippen molar-refractivity contribution in [3.05, 3.63) is 71.8 Å². The Morgan fingerprint density at radius 2 is 1.41 bits per heavy atom. The van der Waals surface area contributed by atoms with E-state index in [0.29, 0.717) is 0 Å². The molecule has 2 aromatic carbocycles. The second-order valence-electron chi connectivity index (χ2n) is 7.89. The normalized spacial score (nSPS) is 11.6. The lowest BCUT2D eigenvalue weighted by Gasteiger charge is -2.21. The molecule has 1 atom stereocenters. The molecule has 0 aliphatic carbocycles. The van der Waals surface area contributed by atoms with Gasteiger partial charge in [-0.1, -0.05) is 60.7 Å². The number of carbonyl (C=O) groups is 4. The summed E-state index contributed by atoms with van der Waals surface area (Å²) < 4.78 is 10.1. The van der Waals surface area contributed by atoms with E-state index in [4.69, 9.17) is 9.47 Å². The molecule has 2 aromatic rings. The summed E-state index contributed by atoms with van der Waals surface area (Å²) in [6.07, 6.45) is -0.791. The van der Waals surface area contributed by atoms with Crippen molar-refractivity contribution in [3.63, 3.8) is 0 Å². The van der Waals surface area contributed by atoms with Crippen LogP contribution in [-0.4, -0.2) is 35.5 Å². The molecular weight excluding hydrogens is 414 g/mol. The molecule has 0 fully saturated rings. The van der Waals surface area contributed by atoms with Gasteiger partial charge in [0.15, 0.2) is 0 Å². The summed E-state index contributed by atoms with van der Waals surface area (Å²) in [5.74, 6) is -2.91. The second kappa shape index (κ2) is 11.5. The third-order valence-electron chi connectivity index (χ3n) is 3.99. The fourth-order valence-corrected chi connectivity index (χ4v) is 2.56. The minimum Gasteiger partial charge on any atom is -0.453 e. The van der Waals surface area contributed by atoms with Crippen molar-refractivity contribution in [2.24, 2.45) is 0 Å². The minimum absolute atomic E-state index is 0.0192. The first-order valence-electron chi connectivity index (χ1n) is 9.98. The molecule has 0 aliphatic heterocycles. The van der Waals surface area contributed by atoms with Crippen molar-refractivity contribution < 1.29 is 28.7 Å². The van der Waals surface area contributed by atoms with Crippen LogP contribution in [0.1, 0.15) is 31.9 Å². The lowest BCUT2D eigenvalue weighted by Crippen LogP contribution is -2.54. The Morgan fingerprint density at radius 3 is 1.97 bits per heavy atom. The molecule has 0 saturated carbocycles. The Kier molecular flexibility index (Phi) is 8.76. The quantitative estimate of drug-likeness (QED) is 0.358. The number of esters is 1. The maximum atomic E-state index is 12.6. The largest absolute Gasteiger partial charge is 0.453 e. The number of nitrogens with one attached hydrogen (secondary N) is 3. The Morgan fingerprint density at radius 1 is 0.844 bits per heavy atom. The van der Waals surface area contributed by atoms with E-state index < -0.39 is 35.5 Å². The topological polar surface area (TPSA) is 123 Å². The van der Waals surface area contributed by atoms with Gasteiger partial charge in [-0.2, -0.15) is 0 Å². The average molecular weight is 441 g/mol. The van der Waals surface area contributed by atoms with E-state index >= 15 is 0 Å². The van der Waals surface area contributed by atoms with Gasteiger partial charge < -0.3 is 14.8 Å². The summed E-state index contributed by atoms with van der Waals surface area (Å²) >= 11 is 0. The smallest absolute Gasteiger partial charge is 0.426 e. The number of amides is 3. The molecule has 32 heavy (non-hydrogen) atoms. The van der Waals surface area contributed by atoms with Gasteiger partial charge in [-0.15, -0.1) is 0 Å². The van der Waals surface area contributed by atoms with Gasteiger partial charge in [0.25, 0.3) is 5.91 Å². The van der Waals surface area contributed by atoms with Crippen LogP contribution in [0.5, 0.6) is 0 Å². The zero-order chi connectivity index (χ0) is 23.6. The third kappa shape index (κ3) is 8.86. The number of hydrazine groups is 1. The zero-order valence-electron chi connectivity index (χ0n) is 18.2. The molecule has 170 valence electrons. The molecule has 2 rings (SSSR count). The van der Waals surface area contributed by atoms with E-state index in [0.717, 1.165) is 11.1 Å². The summed E-state index contributed by atoms with van der Waals surface area (Å²) in [4.78, 5) is 48.7. The molecule has 0 unspecified atom stereocenters. The van der Waals surface area contributed by atoms with Crippen LogP contribution in [-0.2, 0) is 36.9 Å². The van der Waals surface area contributed by atoms with Crippen LogP contribution in [0, 0.1) is 0 Å². The zero-order valence-corrected chi connectivity index (χ0v) is 18.2. The predicted octanol–water partition coefficient (Wildman–Crippen LogP) is 2.01. The number of hydrogen-bond acceptors (Lipinski definition) is 6. The number of hydrogen-bond donors (Lipinski definition) is 3. The lowest BCUT2D eigenvalue weighted by molar-refractivity contribution is -0.163. The van der Waals surface area contributed by atoms with E-state index in [1.54, 1.807) is 69.3 Å². The molecule has 0 radical (unpaired) electrons. The number of benzene rings is 2. The molecule has 9 heteroatoms. The van der Waals surface area contributed by atoms with Gasteiger partial charge in [0.2, 0.25) is 0 Å². The van der Waals surface area contributed by atoms with Gasteiger partial charge in [0.05, 0.1) is 0 Å².